The fraction of sp³-hybridized carbons (Fsp3) is 0.368. The number of hydrogen-bond acceptors (Lipinski definition) is 2. The first-order valence-electron chi connectivity index (χ1n) is 7.96. The third-order valence-electron chi connectivity index (χ3n) is 4.63. The molecule has 0 spiro atoms. The first-order valence-corrected chi connectivity index (χ1v) is 7.96. The minimum atomic E-state index is 0.119. The molecule has 2 aromatic rings. The molecule has 4 rings (SSSR count). The molecular weight excluding hydrogens is 258 g/mol. The Hall–Kier alpha value is -1.64. The number of nitrogens with zero attached hydrogens (tertiary/aromatic N) is 1. The summed E-state index contributed by atoms with van der Waals surface area (Å²) in [6, 6.07) is 17.3. The number of rotatable bonds is 5. The van der Waals surface area contributed by atoms with Crippen LogP contribution in [0.3, 0.4) is 0 Å². The van der Waals surface area contributed by atoms with E-state index in [9.17, 15) is 0 Å². The predicted molar refractivity (Wildman–Crippen MR) is 85.3 cm³/mol. The second kappa shape index (κ2) is 5.63. The van der Waals surface area contributed by atoms with Crippen LogP contribution in [0.4, 0.5) is 0 Å². The SMILES string of the molecule is c1ccc2c(c1)-c1ccccc1C2OCCCN1CCC1. The van der Waals surface area contributed by atoms with Gasteiger partial charge < -0.3 is 9.64 Å². The molecule has 1 saturated heterocycles. The summed E-state index contributed by atoms with van der Waals surface area (Å²) in [5.41, 5.74) is 5.31. The normalized spacial score (nSPS) is 17.3. The lowest BCUT2D eigenvalue weighted by Gasteiger charge is -2.30. The van der Waals surface area contributed by atoms with Crippen molar-refractivity contribution in [3.8, 4) is 11.1 Å². The van der Waals surface area contributed by atoms with Crippen LogP contribution in [0.5, 0.6) is 0 Å². The van der Waals surface area contributed by atoms with Crippen LogP contribution >= 0.6 is 0 Å². The second-order valence-electron chi connectivity index (χ2n) is 5.97. The van der Waals surface area contributed by atoms with Crippen LogP contribution in [0.25, 0.3) is 11.1 Å². The van der Waals surface area contributed by atoms with Gasteiger partial charge in [0, 0.05) is 13.2 Å². The summed E-state index contributed by atoms with van der Waals surface area (Å²) in [4.78, 5) is 2.50. The van der Waals surface area contributed by atoms with E-state index in [0.29, 0.717) is 0 Å². The maximum atomic E-state index is 6.25. The lowest BCUT2D eigenvalue weighted by atomic mass is 10.1. The van der Waals surface area contributed by atoms with Gasteiger partial charge in [-0.1, -0.05) is 48.5 Å². The Morgan fingerprint density at radius 3 is 2.10 bits per heavy atom. The zero-order chi connectivity index (χ0) is 14.1. The zero-order valence-electron chi connectivity index (χ0n) is 12.3. The maximum Gasteiger partial charge on any atom is 0.109 e. The molecule has 0 saturated carbocycles. The Kier molecular flexibility index (Phi) is 3.50. The average molecular weight is 279 g/mol. The summed E-state index contributed by atoms with van der Waals surface area (Å²) < 4.78 is 6.25. The van der Waals surface area contributed by atoms with E-state index in [2.05, 4.69) is 53.4 Å². The summed E-state index contributed by atoms with van der Waals surface area (Å²) in [6.45, 7) is 4.56. The van der Waals surface area contributed by atoms with Crippen molar-refractivity contribution in [3.63, 3.8) is 0 Å². The van der Waals surface area contributed by atoms with Crippen LogP contribution in [-0.2, 0) is 4.74 Å². The van der Waals surface area contributed by atoms with E-state index in [1.807, 2.05) is 0 Å². The Bertz CT molecular complexity index is 587. The molecule has 108 valence electrons. The van der Waals surface area contributed by atoms with Crippen molar-refractivity contribution in [2.24, 2.45) is 0 Å². The fourth-order valence-corrected chi connectivity index (χ4v) is 3.38. The summed E-state index contributed by atoms with van der Waals surface area (Å²) in [5, 5.41) is 0. The molecule has 0 amide bonds. The van der Waals surface area contributed by atoms with Crippen LogP contribution in [0.2, 0.25) is 0 Å². The van der Waals surface area contributed by atoms with Crippen molar-refractivity contribution in [1.82, 2.24) is 4.90 Å². The minimum absolute atomic E-state index is 0.119. The molecule has 0 atom stereocenters. The topological polar surface area (TPSA) is 12.5 Å². The lowest BCUT2D eigenvalue weighted by Crippen LogP contribution is -2.38. The van der Waals surface area contributed by atoms with Crippen molar-refractivity contribution in [2.45, 2.75) is 18.9 Å². The Balaban J connectivity index is 1.48. The third-order valence-corrected chi connectivity index (χ3v) is 4.63. The molecule has 21 heavy (non-hydrogen) atoms. The standard InChI is InChI=1S/C19H21NO/c1-3-9-17-15(7-1)16-8-2-4-10-18(16)19(17)21-14-6-13-20-11-5-12-20/h1-4,7-10,19H,5-6,11-14H2. The van der Waals surface area contributed by atoms with Gasteiger partial charge in [0.1, 0.15) is 6.10 Å². The predicted octanol–water partition coefficient (Wildman–Crippen LogP) is 3.87. The van der Waals surface area contributed by atoms with E-state index in [4.69, 9.17) is 4.74 Å². The summed E-state index contributed by atoms with van der Waals surface area (Å²) in [7, 11) is 0. The Morgan fingerprint density at radius 1 is 0.905 bits per heavy atom. The zero-order valence-corrected chi connectivity index (χ0v) is 12.3. The van der Waals surface area contributed by atoms with Gasteiger partial charge in [0.05, 0.1) is 0 Å². The molecule has 2 aromatic carbocycles. The Morgan fingerprint density at radius 2 is 1.52 bits per heavy atom. The monoisotopic (exact) mass is 279 g/mol. The van der Waals surface area contributed by atoms with Crippen molar-refractivity contribution in [3.05, 3.63) is 59.7 Å². The molecule has 0 aromatic heterocycles. The molecule has 2 heteroatoms. The van der Waals surface area contributed by atoms with Gasteiger partial charge in [-0.2, -0.15) is 0 Å². The minimum Gasteiger partial charge on any atom is -0.369 e. The molecule has 0 unspecified atom stereocenters. The van der Waals surface area contributed by atoms with Crippen LogP contribution in [0.1, 0.15) is 30.1 Å². The number of fused-ring (bicyclic) bond motifs is 3. The van der Waals surface area contributed by atoms with Crippen LogP contribution in [0.15, 0.2) is 48.5 Å². The molecule has 0 bridgehead atoms. The van der Waals surface area contributed by atoms with Crippen molar-refractivity contribution < 1.29 is 4.74 Å². The van der Waals surface area contributed by atoms with Gasteiger partial charge in [-0.3, -0.25) is 0 Å². The largest absolute Gasteiger partial charge is 0.369 e. The van der Waals surface area contributed by atoms with Gasteiger partial charge >= 0.3 is 0 Å². The fourth-order valence-electron chi connectivity index (χ4n) is 3.38. The molecule has 1 heterocycles. The summed E-state index contributed by atoms with van der Waals surface area (Å²) >= 11 is 0. The van der Waals surface area contributed by atoms with E-state index in [0.717, 1.165) is 13.0 Å². The smallest absolute Gasteiger partial charge is 0.109 e. The second-order valence-corrected chi connectivity index (χ2v) is 5.97. The van der Waals surface area contributed by atoms with E-state index in [1.54, 1.807) is 0 Å². The summed E-state index contributed by atoms with van der Waals surface area (Å²) in [6.07, 6.45) is 2.61. The highest BCUT2D eigenvalue weighted by molar-refractivity contribution is 5.77. The van der Waals surface area contributed by atoms with Crippen LogP contribution < -0.4 is 0 Å². The highest BCUT2D eigenvalue weighted by Gasteiger charge is 2.28. The average Bonchev–Trinajstić information content (AvgIpc) is 2.80. The van der Waals surface area contributed by atoms with E-state index in [1.165, 1.54) is 48.3 Å². The molecule has 1 aliphatic heterocycles. The first-order chi connectivity index (χ1) is 10.4. The van der Waals surface area contributed by atoms with Gasteiger partial charge in [0.2, 0.25) is 0 Å². The van der Waals surface area contributed by atoms with Crippen molar-refractivity contribution in [2.75, 3.05) is 26.2 Å². The number of hydrogen-bond donors (Lipinski definition) is 0. The molecule has 1 aliphatic carbocycles. The molecule has 2 aliphatic rings. The van der Waals surface area contributed by atoms with Gasteiger partial charge in [-0.25, -0.2) is 0 Å². The molecular formula is C19H21NO. The van der Waals surface area contributed by atoms with Gasteiger partial charge in [-0.05, 0) is 48.2 Å². The van der Waals surface area contributed by atoms with Gasteiger partial charge in [0.25, 0.3) is 0 Å². The molecule has 0 radical (unpaired) electrons. The van der Waals surface area contributed by atoms with Crippen molar-refractivity contribution >= 4 is 0 Å². The highest BCUT2D eigenvalue weighted by Crippen LogP contribution is 2.44. The lowest BCUT2D eigenvalue weighted by molar-refractivity contribution is 0.0680. The summed E-state index contributed by atoms with van der Waals surface area (Å²) in [5.74, 6) is 0. The quantitative estimate of drug-likeness (QED) is 0.770. The molecule has 1 fully saturated rings. The maximum absolute atomic E-state index is 6.25. The van der Waals surface area contributed by atoms with E-state index < -0.39 is 0 Å². The van der Waals surface area contributed by atoms with Crippen molar-refractivity contribution in [1.29, 1.82) is 0 Å². The van der Waals surface area contributed by atoms with E-state index in [-0.39, 0.29) is 6.10 Å². The number of ether oxygens (including phenoxy) is 1. The van der Waals surface area contributed by atoms with E-state index >= 15 is 0 Å². The molecule has 0 N–H and O–H groups in total. The van der Waals surface area contributed by atoms with Gasteiger partial charge in [-0.15, -0.1) is 0 Å². The number of benzene rings is 2. The first kappa shape index (κ1) is 13.1. The van der Waals surface area contributed by atoms with Crippen LogP contribution in [0, 0.1) is 0 Å². The Labute approximate surface area is 126 Å². The molecule has 2 nitrogen and oxygen atoms in total. The van der Waals surface area contributed by atoms with Crippen LogP contribution in [-0.4, -0.2) is 31.1 Å². The number of likely N-dealkylation sites (tertiary alicyclic amines) is 1. The third kappa shape index (κ3) is 2.39. The van der Waals surface area contributed by atoms with Gasteiger partial charge in [0.15, 0.2) is 0 Å². The highest BCUT2D eigenvalue weighted by atomic mass is 16.5.